The average Bonchev–Trinajstić information content (AvgIpc) is 2.79. The number of hydrogen-bond acceptors (Lipinski definition) is 6. The number of aliphatic carboxylic acids is 1. The lowest BCUT2D eigenvalue weighted by Crippen LogP contribution is -2.18. The fraction of sp³-hybridized carbons (Fsp3) is 0.0455. The molecule has 0 aliphatic carbocycles. The molecule has 3 aromatic carbocycles. The topological polar surface area (TPSA) is 134 Å². The normalized spacial score (nSPS) is 11.1. The van der Waals surface area contributed by atoms with Crippen LogP contribution in [0.1, 0.15) is 15.9 Å². The van der Waals surface area contributed by atoms with Crippen LogP contribution in [0.3, 0.4) is 0 Å². The standard InChI is InChI=1S/C22H19N3O6S/c26-21(27)15-31-19-12-6-16(7-13-19)14-23-24-22(28)17-8-10-18(11-9-17)25-32(29,30)20-4-2-1-3-5-20/h1-14,25H,15H2,(H,24,28)(H,26,27)/b23-14+. The highest BCUT2D eigenvalue weighted by molar-refractivity contribution is 7.92. The SMILES string of the molecule is O=C(O)COc1ccc(/C=N/NC(=O)c2ccc(NS(=O)(=O)c3ccccc3)cc2)cc1. The summed E-state index contributed by atoms with van der Waals surface area (Å²) >= 11 is 0. The second kappa shape index (κ2) is 10.2. The molecule has 0 atom stereocenters. The van der Waals surface area contributed by atoms with Gasteiger partial charge < -0.3 is 9.84 Å². The number of benzene rings is 3. The molecule has 0 fully saturated rings. The number of nitrogens with one attached hydrogen (secondary N) is 2. The van der Waals surface area contributed by atoms with Crippen LogP contribution in [0.2, 0.25) is 0 Å². The Kier molecular flexibility index (Phi) is 7.19. The van der Waals surface area contributed by atoms with Crippen LogP contribution in [0.4, 0.5) is 5.69 Å². The Hall–Kier alpha value is -4.18. The predicted molar refractivity (Wildman–Crippen MR) is 118 cm³/mol. The molecule has 0 spiro atoms. The molecule has 0 saturated carbocycles. The number of sulfonamides is 1. The molecule has 3 aromatic rings. The molecule has 0 bridgehead atoms. The monoisotopic (exact) mass is 453 g/mol. The third-order valence-electron chi connectivity index (χ3n) is 4.07. The summed E-state index contributed by atoms with van der Waals surface area (Å²) in [7, 11) is -3.71. The van der Waals surface area contributed by atoms with Crippen molar-refractivity contribution < 1.29 is 27.9 Å². The number of amides is 1. The Morgan fingerprint density at radius 1 is 0.938 bits per heavy atom. The number of carbonyl (C=O) groups excluding carboxylic acids is 1. The summed E-state index contributed by atoms with van der Waals surface area (Å²) in [6, 6.07) is 20.3. The van der Waals surface area contributed by atoms with Gasteiger partial charge in [0.25, 0.3) is 15.9 Å². The van der Waals surface area contributed by atoms with Gasteiger partial charge in [0.2, 0.25) is 0 Å². The van der Waals surface area contributed by atoms with Crippen LogP contribution in [0.5, 0.6) is 5.75 Å². The number of carbonyl (C=O) groups is 2. The number of rotatable bonds is 9. The summed E-state index contributed by atoms with van der Waals surface area (Å²) in [5.74, 6) is -1.14. The molecule has 164 valence electrons. The molecule has 0 saturated heterocycles. The van der Waals surface area contributed by atoms with Crippen molar-refractivity contribution in [2.24, 2.45) is 5.10 Å². The van der Waals surface area contributed by atoms with Gasteiger partial charge in [-0.05, 0) is 66.2 Å². The quantitative estimate of drug-likeness (QED) is 0.337. The third-order valence-corrected chi connectivity index (χ3v) is 5.47. The zero-order valence-electron chi connectivity index (χ0n) is 16.6. The van der Waals surface area contributed by atoms with Crippen molar-refractivity contribution in [3.63, 3.8) is 0 Å². The van der Waals surface area contributed by atoms with E-state index in [2.05, 4.69) is 15.2 Å². The number of hydrogen-bond donors (Lipinski definition) is 3. The van der Waals surface area contributed by atoms with Crippen LogP contribution in [0, 0.1) is 0 Å². The zero-order chi connectivity index (χ0) is 23.0. The number of ether oxygens (including phenoxy) is 1. The maximum Gasteiger partial charge on any atom is 0.341 e. The molecule has 0 heterocycles. The fourth-order valence-electron chi connectivity index (χ4n) is 2.53. The van der Waals surface area contributed by atoms with E-state index in [0.717, 1.165) is 0 Å². The third kappa shape index (κ3) is 6.41. The van der Waals surface area contributed by atoms with Gasteiger partial charge in [0.1, 0.15) is 5.75 Å². The number of hydrazone groups is 1. The first-order chi connectivity index (χ1) is 15.3. The van der Waals surface area contributed by atoms with Crippen LogP contribution in [-0.2, 0) is 14.8 Å². The van der Waals surface area contributed by atoms with Crippen LogP contribution in [-0.4, -0.2) is 38.2 Å². The van der Waals surface area contributed by atoms with E-state index < -0.39 is 28.5 Å². The Balaban J connectivity index is 1.55. The van der Waals surface area contributed by atoms with E-state index in [1.165, 1.54) is 42.6 Å². The van der Waals surface area contributed by atoms with Gasteiger partial charge in [-0.2, -0.15) is 5.10 Å². The van der Waals surface area contributed by atoms with Crippen LogP contribution in [0.25, 0.3) is 0 Å². The molecule has 0 radical (unpaired) electrons. The summed E-state index contributed by atoms with van der Waals surface area (Å²) < 4.78 is 32.2. The van der Waals surface area contributed by atoms with Gasteiger partial charge >= 0.3 is 5.97 Å². The highest BCUT2D eigenvalue weighted by Gasteiger charge is 2.13. The molecule has 3 N–H and O–H groups in total. The van der Waals surface area contributed by atoms with Crippen LogP contribution >= 0.6 is 0 Å². The second-order valence-electron chi connectivity index (χ2n) is 6.45. The molecule has 9 nitrogen and oxygen atoms in total. The first-order valence-corrected chi connectivity index (χ1v) is 10.8. The van der Waals surface area contributed by atoms with E-state index in [0.29, 0.717) is 22.6 Å². The van der Waals surface area contributed by atoms with E-state index in [9.17, 15) is 18.0 Å². The Morgan fingerprint density at radius 3 is 2.22 bits per heavy atom. The molecule has 32 heavy (non-hydrogen) atoms. The zero-order valence-corrected chi connectivity index (χ0v) is 17.5. The summed E-state index contributed by atoms with van der Waals surface area (Å²) in [6.45, 7) is -0.435. The van der Waals surface area contributed by atoms with Crippen molar-refractivity contribution in [2.75, 3.05) is 11.3 Å². The first kappa shape index (κ1) is 22.5. The van der Waals surface area contributed by atoms with E-state index in [1.807, 2.05) is 0 Å². The van der Waals surface area contributed by atoms with Crippen molar-refractivity contribution >= 4 is 33.8 Å². The molecule has 0 aliphatic heterocycles. The molecule has 0 unspecified atom stereocenters. The van der Waals surface area contributed by atoms with Crippen LogP contribution < -0.4 is 14.9 Å². The van der Waals surface area contributed by atoms with Gasteiger partial charge in [-0.25, -0.2) is 18.6 Å². The van der Waals surface area contributed by atoms with Gasteiger partial charge in [-0.3, -0.25) is 9.52 Å². The number of carboxylic acid groups (broad SMARTS) is 1. The lowest BCUT2D eigenvalue weighted by Gasteiger charge is -2.08. The van der Waals surface area contributed by atoms with Crippen molar-refractivity contribution in [3.8, 4) is 5.75 Å². The minimum atomic E-state index is -3.71. The highest BCUT2D eigenvalue weighted by Crippen LogP contribution is 2.16. The summed E-state index contributed by atoms with van der Waals surface area (Å²) in [5, 5.41) is 12.5. The van der Waals surface area contributed by atoms with E-state index >= 15 is 0 Å². The maximum atomic E-state index is 12.3. The molecule has 0 aliphatic rings. The predicted octanol–water partition coefficient (Wildman–Crippen LogP) is 2.71. The number of nitrogens with zero attached hydrogens (tertiary/aromatic N) is 1. The number of anilines is 1. The average molecular weight is 453 g/mol. The molecular weight excluding hydrogens is 434 g/mol. The Labute approximate surface area is 184 Å². The lowest BCUT2D eigenvalue weighted by molar-refractivity contribution is -0.139. The van der Waals surface area contributed by atoms with Gasteiger partial charge in [0.15, 0.2) is 6.61 Å². The Morgan fingerprint density at radius 2 is 1.59 bits per heavy atom. The second-order valence-corrected chi connectivity index (χ2v) is 8.13. The maximum absolute atomic E-state index is 12.3. The van der Waals surface area contributed by atoms with Crippen molar-refractivity contribution in [1.29, 1.82) is 0 Å². The first-order valence-electron chi connectivity index (χ1n) is 9.29. The van der Waals surface area contributed by atoms with Crippen LogP contribution in [0.15, 0.2) is 88.9 Å². The minimum absolute atomic E-state index is 0.137. The molecule has 0 aromatic heterocycles. The molecule has 1 amide bonds. The summed E-state index contributed by atoms with van der Waals surface area (Å²) in [5.41, 5.74) is 3.66. The van der Waals surface area contributed by atoms with E-state index in [-0.39, 0.29) is 4.90 Å². The fourth-order valence-corrected chi connectivity index (χ4v) is 3.61. The summed E-state index contributed by atoms with van der Waals surface area (Å²) in [4.78, 5) is 22.8. The van der Waals surface area contributed by atoms with E-state index in [1.54, 1.807) is 42.5 Å². The van der Waals surface area contributed by atoms with Crippen molar-refractivity contribution in [1.82, 2.24) is 5.43 Å². The van der Waals surface area contributed by atoms with Gasteiger partial charge in [-0.15, -0.1) is 0 Å². The van der Waals surface area contributed by atoms with Gasteiger partial charge in [0, 0.05) is 11.3 Å². The minimum Gasteiger partial charge on any atom is -0.482 e. The largest absolute Gasteiger partial charge is 0.482 e. The number of carboxylic acids is 1. The lowest BCUT2D eigenvalue weighted by atomic mass is 10.2. The Bertz CT molecular complexity index is 1210. The smallest absolute Gasteiger partial charge is 0.341 e. The molecule has 3 rings (SSSR count). The van der Waals surface area contributed by atoms with Crippen molar-refractivity contribution in [3.05, 3.63) is 90.0 Å². The molecule has 10 heteroatoms. The van der Waals surface area contributed by atoms with Crippen molar-refractivity contribution in [2.45, 2.75) is 4.90 Å². The van der Waals surface area contributed by atoms with Gasteiger partial charge in [0.05, 0.1) is 11.1 Å². The van der Waals surface area contributed by atoms with E-state index in [4.69, 9.17) is 9.84 Å². The molecular formula is C22H19N3O6S. The van der Waals surface area contributed by atoms with Gasteiger partial charge in [-0.1, -0.05) is 18.2 Å². The summed E-state index contributed by atoms with van der Waals surface area (Å²) in [6.07, 6.45) is 1.42. The highest BCUT2D eigenvalue weighted by atomic mass is 32.2.